The average Bonchev–Trinajstić information content (AvgIpc) is 2.38. The van der Waals surface area contributed by atoms with E-state index in [1.54, 1.807) is 30.3 Å². The maximum absolute atomic E-state index is 11.9. The number of hydrogen-bond donors (Lipinski definition) is 2. The normalized spacial score (nSPS) is 10.2. The highest BCUT2D eigenvalue weighted by Gasteiger charge is 2.06. The molecule has 2 aromatic carbocycles. The van der Waals surface area contributed by atoms with Crippen LogP contribution in [0.3, 0.4) is 0 Å². The van der Waals surface area contributed by atoms with Gasteiger partial charge in [0.25, 0.3) is 0 Å². The maximum atomic E-state index is 11.9. The molecule has 0 aliphatic heterocycles. The molecular formula is C15H14Cl2N2O. The van der Waals surface area contributed by atoms with Crippen LogP contribution in [0.2, 0.25) is 10.0 Å². The van der Waals surface area contributed by atoms with Gasteiger partial charge < -0.3 is 10.6 Å². The van der Waals surface area contributed by atoms with Gasteiger partial charge in [-0.2, -0.15) is 0 Å². The van der Waals surface area contributed by atoms with Crippen molar-refractivity contribution in [3.8, 4) is 0 Å². The SMILES string of the molecule is Cc1cccc(Cl)c1NCC(=O)Nc1cccc(Cl)c1. The lowest BCUT2D eigenvalue weighted by Gasteiger charge is -2.11. The molecule has 0 saturated carbocycles. The molecule has 2 aromatic rings. The van der Waals surface area contributed by atoms with Crippen molar-refractivity contribution in [2.45, 2.75) is 6.92 Å². The van der Waals surface area contributed by atoms with E-state index < -0.39 is 0 Å². The van der Waals surface area contributed by atoms with E-state index in [2.05, 4.69) is 10.6 Å². The van der Waals surface area contributed by atoms with Gasteiger partial charge in [0.05, 0.1) is 17.3 Å². The van der Waals surface area contributed by atoms with Crippen molar-refractivity contribution in [2.24, 2.45) is 0 Å². The minimum atomic E-state index is -0.161. The summed E-state index contributed by atoms with van der Waals surface area (Å²) in [5.41, 5.74) is 2.43. The zero-order valence-corrected chi connectivity index (χ0v) is 12.4. The summed E-state index contributed by atoms with van der Waals surface area (Å²) < 4.78 is 0. The van der Waals surface area contributed by atoms with E-state index in [0.717, 1.165) is 11.3 Å². The summed E-state index contributed by atoms with van der Waals surface area (Å²) in [6.07, 6.45) is 0. The molecule has 0 radical (unpaired) electrons. The minimum Gasteiger partial charge on any atom is -0.375 e. The number of halogens is 2. The van der Waals surface area contributed by atoms with Gasteiger partial charge in [-0.15, -0.1) is 0 Å². The molecule has 0 fully saturated rings. The molecule has 0 unspecified atom stereocenters. The molecule has 0 aromatic heterocycles. The van der Waals surface area contributed by atoms with Crippen molar-refractivity contribution < 1.29 is 4.79 Å². The number of aryl methyl sites for hydroxylation is 1. The molecule has 0 aliphatic rings. The summed E-state index contributed by atoms with van der Waals surface area (Å²) in [7, 11) is 0. The van der Waals surface area contributed by atoms with E-state index in [1.165, 1.54) is 0 Å². The van der Waals surface area contributed by atoms with Crippen LogP contribution in [0.15, 0.2) is 42.5 Å². The summed E-state index contributed by atoms with van der Waals surface area (Å²) in [5.74, 6) is -0.161. The Morgan fingerprint density at radius 1 is 1.15 bits per heavy atom. The zero-order valence-electron chi connectivity index (χ0n) is 10.9. The van der Waals surface area contributed by atoms with Crippen molar-refractivity contribution >= 4 is 40.5 Å². The largest absolute Gasteiger partial charge is 0.375 e. The lowest BCUT2D eigenvalue weighted by Crippen LogP contribution is -2.22. The Balaban J connectivity index is 1.96. The maximum Gasteiger partial charge on any atom is 0.243 e. The Morgan fingerprint density at radius 2 is 1.90 bits per heavy atom. The van der Waals surface area contributed by atoms with Gasteiger partial charge in [-0.1, -0.05) is 41.4 Å². The van der Waals surface area contributed by atoms with E-state index in [9.17, 15) is 4.79 Å². The molecule has 0 saturated heterocycles. The molecule has 0 bridgehead atoms. The summed E-state index contributed by atoms with van der Waals surface area (Å²) in [6.45, 7) is 2.07. The highest BCUT2D eigenvalue weighted by molar-refractivity contribution is 6.33. The lowest BCUT2D eigenvalue weighted by atomic mass is 10.2. The zero-order chi connectivity index (χ0) is 14.5. The molecule has 5 heteroatoms. The highest BCUT2D eigenvalue weighted by atomic mass is 35.5. The topological polar surface area (TPSA) is 41.1 Å². The van der Waals surface area contributed by atoms with Gasteiger partial charge in [-0.05, 0) is 36.8 Å². The van der Waals surface area contributed by atoms with Crippen LogP contribution in [0.1, 0.15) is 5.56 Å². The molecular weight excluding hydrogens is 295 g/mol. The summed E-state index contributed by atoms with van der Waals surface area (Å²) in [6, 6.07) is 12.6. The van der Waals surface area contributed by atoms with Crippen molar-refractivity contribution in [1.82, 2.24) is 0 Å². The van der Waals surface area contributed by atoms with Crippen LogP contribution in [0.5, 0.6) is 0 Å². The first-order chi connectivity index (χ1) is 9.56. The third-order valence-electron chi connectivity index (χ3n) is 2.76. The monoisotopic (exact) mass is 308 g/mol. The Hall–Kier alpha value is -1.71. The standard InChI is InChI=1S/C15H14Cl2N2O/c1-10-4-2-7-13(17)15(10)18-9-14(20)19-12-6-3-5-11(16)8-12/h2-8,18H,9H2,1H3,(H,19,20). The number of anilines is 2. The first-order valence-electron chi connectivity index (χ1n) is 6.10. The number of benzene rings is 2. The smallest absolute Gasteiger partial charge is 0.243 e. The predicted octanol–water partition coefficient (Wildman–Crippen LogP) is 4.35. The molecule has 0 spiro atoms. The fraction of sp³-hybridized carbons (Fsp3) is 0.133. The van der Waals surface area contributed by atoms with Gasteiger partial charge in [0.2, 0.25) is 5.91 Å². The second-order valence-electron chi connectivity index (χ2n) is 4.34. The third-order valence-corrected chi connectivity index (χ3v) is 3.31. The second-order valence-corrected chi connectivity index (χ2v) is 5.19. The summed E-state index contributed by atoms with van der Waals surface area (Å²) in [5, 5.41) is 6.98. The van der Waals surface area contributed by atoms with E-state index in [0.29, 0.717) is 15.7 Å². The lowest BCUT2D eigenvalue weighted by molar-refractivity contribution is -0.114. The molecule has 104 valence electrons. The highest BCUT2D eigenvalue weighted by Crippen LogP contribution is 2.24. The first-order valence-corrected chi connectivity index (χ1v) is 6.86. The number of nitrogens with one attached hydrogen (secondary N) is 2. The molecule has 3 nitrogen and oxygen atoms in total. The second kappa shape index (κ2) is 6.64. The quantitative estimate of drug-likeness (QED) is 0.881. The third kappa shape index (κ3) is 3.89. The van der Waals surface area contributed by atoms with E-state index in [4.69, 9.17) is 23.2 Å². The molecule has 2 N–H and O–H groups in total. The van der Waals surface area contributed by atoms with Crippen LogP contribution >= 0.6 is 23.2 Å². The molecule has 0 atom stereocenters. The Labute approximate surface area is 127 Å². The van der Waals surface area contributed by atoms with Crippen LogP contribution in [-0.2, 0) is 4.79 Å². The van der Waals surface area contributed by atoms with Crippen molar-refractivity contribution in [3.05, 3.63) is 58.1 Å². The van der Waals surface area contributed by atoms with E-state index >= 15 is 0 Å². The number of rotatable bonds is 4. The minimum absolute atomic E-state index is 0.136. The molecule has 1 amide bonds. The van der Waals surface area contributed by atoms with Gasteiger partial charge in [0.15, 0.2) is 0 Å². The van der Waals surface area contributed by atoms with Crippen molar-refractivity contribution in [1.29, 1.82) is 0 Å². The van der Waals surface area contributed by atoms with Gasteiger partial charge in [-0.25, -0.2) is 0 Å². The number of carbonyl (C=O) groups excluding carboxylic acids is 1. The first kappa shape index (κ1) is 14.7. The molecule has 0 aliphatic carbocycles. The molecule has 2 rings (SSSR count). The van der Waals surface area contributed by atoms with Crippen LogP contribution in [0, 0.1) is 6.92 Å². The Kier molecular flexibility index (Phi) is 4.88. The van der Waals surface area contributed by atoms with Crippen molar-refractivity contribution in [2.75, 3.05) is 17.2 Å². The summed E-state index contributed by atoms with van der Waals surface area (Å²) >= 11 is 11.9. The van der Waals surface area contributed by atoms with Gasteiger partial charge in [-0.3, -0.25) is 4.79 Å². The fourth-order valence-corrected chi connectivity index (χ4v) is 2.27. The number of hydrogen-bond acceptors (Lipinski definition) is 2. The van der Waals surface area contributed by atoms with E-state index in [-0.39, 0.29) is 12.5 Å². The van der Waals surface area contributed by atoms with Gasteiger partial charge in [0.1, 0.15) is 0 Å². The van der Waals surface area contributed by atoms with Crippen LogP contribution in [-0.4, -0.2) is 12.5 Å². The molecule has 20 heavy (non-hydrogen) atoms. The predicted molar refractivity (Wildman–Crippen MR) is 84.8 cm³/mol. The van der Waals surface area contributed by atoms with Gasteiger partial charge in [0, 0.05) is 10.7 Å². The Morgan fingerprint density at radius 3 is 2.60 bits per heavy atom. The van der Waals surface area contributed by atoms with Crippen molar-refractivity contribution in [3.63, 3.8) is 0 Å². The fourth-order valence-electron chi connectivity index (χ4n) is 1.80. The van der Waals surface area contributed by atoms with Crippen LogP contribution in [0.4, 0.5) is 11.4 Å². The number of carbonyl (C=O) groups is 1. The number of para-hydroxylation sites is 1. The summed E-state index contributed by atoms with van der Waals surface area (Å²) in [4.78, 5) is 11.9. The van der Waals surface area contributed by atoms with Gasteiger partial charge >= 0.3 is 0 Å². The van der Waals surface area contributed by atoms with Crippen LogP contribution in [0.25, 0.3) is 0 Å². The van der Waals surface area contributed by atoms with Crippen LogP contribution < -0.4 is 10.6 Å². The average molecular weight is 309 g/mol. The van der Waals surface area contributed by atoms with E-state index in [1.807, 2.05) is 19.1 Å². The molecule has 0 heterocycles. The number of amides is 1. The Bertz CT molecular complexity index is 609.